The van der Waals surface area contributed by atoms with Gasteiger partial charge in [-0.15, -0.1) is 10.2 Å². The Labute approximate surface area is 105 Å². The maximum Gasteiger partial charge on any atom is 0.336 e. The highest BCUT2D eigenvalue weighted by Crippen LogP contribution is 2.26. The largest absolute Gasteiger partial charge is 0.479 e. The molecule has 0 unspecified atom stereocenters. The molecule has 8 nitrogen and oxygen atoms in total. The number of tetrazole rings is 1. The van der Waals surface area contributed by atoms with E-state index in [9.17, 15) is 9.90 Å². The van der Waals surface area contributed by atoms with Crippen LogP contribution >= 0.6 is 0 Å². The maximum absolute atomic E-state index is 11.2. The summed E-state index contributed by atoms with van der Waals surface area (Å²) in [5.74, 6) is -0.236. The number of methoxy groups -OCH3 is 1. The Kier molecular flexibility index (Phi) is 3.58. The Hall–Kier alpha value is -1.54. The van der Waals surface area contributed by atoms with Crippen LogP contribution in [0.25, 0.3) is 0 Å². The number of carboxylic acids is 1. The van der Waals surface area contributed by atoms with Crippen molar-refractivity contribution in [3.8, 4) is 0 Å². The summed E-state index contributed by atoms with van der Waals surface area (Å²) in [6.45, 7) is 1.89. The van der Waals surface area contributed by atoms with Gasteiger partial charge in [0, 0.05) is 20.2 Å². The van der Waals surface area contributed by atoms with Crippen molar-refractivity contribution in [3.05, 3.63) is 5.82 Å². The van der Waals surface area contributed by atoms with Crippen molar-refractivity contribution in [1.29, 1.82) is 0 Å². The molecule has 0 aliphatic carbocycles. The predicted octanol–water partition coefficient (Wildman–Crippen LogP) is -0.724. The van der Waals surface area contributed by atoms with E-state index in [1.807, 2.05) is 0 Å². The number of aromatic nitrogens is 4. The van der Waals surface area contributed by atoms with Gasteiger partial charge in [-0.05, 0) is 18.1 Å². The lowest BCUT2D eigenvalue weighted by Crippen LogP contribution is -2.50. The van der Waals surface area contributed by atoms with E-state index in [4.69, 9.17) is 4.74 Å². The van der Waals surface area contributed by atoms with Crippen LogP contribution in [0.5, 0.6) is 0 Å². The third-order valence-corrected chi connectivity index (χ3v) is 3.36. The number of hydrogen-bond donors (Lipinski definition) is 1. The van der Waals surface area contributed by atoms with Crippen molar-refractivity contribution in [2.45, 2.75) is 25.0 Å². The maximum atomic E-state index is 11.2. The van der Waals surface area contributed by atoms with Crippen LogP contribution < -0.4 is 0 Å². The van der Waals surface area contributed by atoms with Crippen LogP contribution in [0.3, 0.4) is 0 Å². The molecular formula is C10H17N5O3. The number of carboxylic acid groups (broad SMARTS) is 1. The van der Waals surface area contributed by atoms with E-state index >= 15 is 0 Å². The average molecular weight is 255 g/mol. The number of aryl methyl sites for hydroxylation is 1. The molecule has 8 heteroatoms. The van der Waals surface area contributed by atoms with Gasteiger partial charge in [0.15, 0.2) is 11.4 Å². The first-order valence-electron chi connectivity index (χ1n) is 5.79. The molecular weight excluding hydrogens is 238 g/mol. The molecule has 0 radical (unpaired) electrons. The monoisotopic (exact) mass is 255 g/mol. The number of nitrogens with zero attached hydrogens (tertiary/aromatic N) is 5. The lowest BCUT2D eigenvalue weighted by molar-refractivity contribution is -0.168. The molecule has 1 N–H and O–H groups in total. The Morgan fingerprint density at radius 2 is 2.17 bits per heavy atom. The van der Waals surface area contributed by atoms with Gasteiger partial charge in [0.2, 0.25) is 0 Å². The molecule has 0 atom stereocenters. The molecule has 2 heterocycles. The Bertz CT molecular complexity index is 425. The van der Waals surface area contributed by atoms with E-state index in [-0.39, 0.29) is 0 Å². The van der Waals surface area contributed by atoms with Crippen LogP contribution in [0.1, 0.15) is 18.7 Å². The molecule has 0 saturated carbocycles. The fourth-order valence-corrected chi connectivity index (χ4v) is 2.16. The molecule has 0 bridgehead atoms. The van der Waals surface area contributed by atoms with E-state index in [1.165, 1.54) is 11.9 Å². The average Bonchev–Trinajstić information content (AvgIpc) is 2.76. The zero-order valence-electron chi connectivity index (χ0n) is 10.5. The van der Waals surface area contributed by atoms with Gasteiger partial charge in [-0.3, -0.25) is 4.90 Å². The molecule has 0 spiro atoms. The topological polar surface area (TPSA) is 93.4 Å². The smallest absolute Gasteiger partial charge is 0.336 e. The highest BCUT2D eigenvalue weighted by molar-refractivity contribution is 5.77. The molecule has 0 amide bonds. The van der Waals surface area contributed by atoms with Gasteiger partial charge in [-0.2, -0.15) is 4.80 Å². The summed E-state index contributed by atoms with van der Waals surface area (Å²) < 4.78 is 5.17. The lowest BCUT2D eigenvalue weighted by Gasteiger charge is -2.37. The second kappa shape index (κ2) is 4.99. The van der Waals surface area contributed by atoms with Gasteiger partial charge >= 0.3 is 5.97 Å². The SMILES string of the molecule is COC1(C(=O)O)CCN(Cc2nnn(C)n2)CC1. The summed E-state index contributed by atoms with van der Waals surface area (Å²) >= 11 is 0. The van der Waals surface area contributed by atoms with Crippen molar-refractivity contribution in [2.24, 2.45) is 7.05 Å². The minimum absolute atomic E-state index is 0.471. The normalized spacial score (nSPS) is 19.9. The third kappa shape index (κ3) is 2.49. The molecule has 1 fully saturated rings. The highest BCUT2D eigenvalue weighted by Gasteiger charge is 2.41. The Morgan fingerprint density at radius 1 is 1.50 bits per heavy atom. The van der Waals surface area contributed by atoms with Gasteiger partial charge in [0.25, 0.3) is 0 Å². The number of rotatable bonds is 4. The van der Waals surface area contributed by atoms with Crippen LogP contribution in [-0.2, 0) is 23.1 Å². The molecule has 1 aromatic heterocycles. The predicted molar refractivity (Wildman–Crippen MR) is 60.7 cm³/mol. The van der Waals surface area contributed by atoms with Crippen LogP contribution in [-0.4, -0.2) is 62.0 Å². The van der Waals surface area contributed by atoms with Crippen molar-refractivity contribution in [3.63, 3.8) is 0 Å². The summed E-state index contributed by atoms with van der Waals surface area (Å²) in [6, 6.07) is 0. The number of likely N-dealkylation sites (tertiary alicyclic amines) is 1. The summed E-state index contributed by atoms with van der Waals surface area (Å²) in [7, 11) is 3.17. The summed E-state index contributed by atoms with van der Waals surface area (Å²) in [6.07, 6.45) is 0.943. The summed E-state index contributed by atoms with van der Waals surface area (Å²) in [5.41, 5.74) is -1.04. The third-order valence-electron chi connectivity index (χ3n) is 3.36. The molecule has 1 aliphatic heterocycles. The van der Waals surface area contributed by atoms with Crippen molar-refractivity contribution in [1.82, 2.24) is 25.1 Å². The number of piperidine rings is 1. The van der Waals surface area contributed by atoms with Crippen molar-refractivity contribution < 1.29 is 14.6 Å². The van der Waals surface area contributed by atoms with Crippen LogP contribution in [0.2, 0.25) is 0 Å². The molecule has 2 rings (SSSR count). The van der Waals surface area contributed by atoms with E-state index in [0.29, 0.717) is 38.3 Å². The molecule has 0 aromatic carbocycles. The number of carbonyl (C=O) groups is 1. The number of ether oxygens (including phenoxy) is 1. The quantitative estimate of drug-likeness (QED) is 0.758. The number of aliphatic carboxylic acids is 1. The van der Waals surface area contributed by atoms with Crippen LogP contribution in [0.15, 0.2) is 0 Å². The van der Waals surface area contributed by atoms with Gasteiger partial charge < -0.3 is 9.84 Å². The summed E-state index contributed by atoms with van der Waals surface area (Å²) in [5, 5.41) is 21.0. The van der Waals surface area contributed by atoms with Gasteiger partial charge in [0.05, 0.1) is 13.6 Å². The van der Waals surface area contributed by atoms with E-state index < -0.39 is 11.6 Å². The van der Waals surface area contributed by atoms with Crippen molar-refractivity contribution >= 4 is 5.97 Å². The summed E-state index contributed by atoms with van der Waals surface area (Å²) in [4.78, 5) is 14.7. The van der Waals surface area contributed by atoms with Gasteiger partial charge in [0.1, 0.15) is 0 Å². The minimum atomic E-state index is -1.04. The molecule has 1 aliphatic rings. The standard InChI is InChI=1S/C10H17N5O3/c1-14-12-8(11-13-14)7-15-5-3-10(18-2,4-6-15)9(16)17/h3-7H2,1-2H3,(H,16,17). The second-order valence-electron chi connectivity index (χ2n) is 4.47. The molecule has 1 aromatic rings. The van der Waals surface area contributed by atoms with E-state index in [1.54, 1.807) is 7.05 Å². The zero-order valence-corrected chi connectivity index (χ0v) is 10.5. The molecule has 18 heavy (non-hydrogen) atoms. The zero-order chi connectivity index (χ0) is 13.2. The lowest BCUT2D eigenvalue weighted by atomic mass is 9.91. The Morgan fingerprint density at radius 3 is 2.61 bits per heavy atom. The fourth-order valence-electron chi connectivity index (χ4n) is 2.16. The highest BCUT2D eigenvalue weighted by atomic mass is 16.5. The van der Waals surface area contributed by atoms with E-state index in [2.05, 4.69) is 20.3 Å². The van der Waals surface area contributed by atoms with Crippen LogP contribution in [0, 0.1) is 0 Å². The first-order valence-corrected chi connectivity index (χ1v) is 5.79. The van der Waals surface area contributed by atoms with Gasteiger partial charge in [-0.1, -0.05) is 0 Å². The second-order valence-corrected chi connectivity index (χ2v) is 4.47. The van der Waals surface area contributed by atoms with Crippen molar-refractivity contribution in [2.75, 3.05) is 20.2 Å². The molecule has 1 saturated heterocycles. The van der Waals surface area contributed by atoms with E-state index in [0.717, 1.165) is 0 Å². The fraction of sp³-hybridized carbons (Fsp3) is 0.800. The Balaban J connectivity index is 1.92. The first kappa shape index (κ1) is 12.9. The minimum Gasteiger partial charge on any atom is -0.479 e. The van der Waals surface area contributed by atoms with Gasteiger partial charge in [-0.25, -0.2) is 4.79 Å². The number of hydrogen-bond acceptors (Lipinski definition) is 6. The first-order chi connectivity index (χ1) is 8.55. The van der Waals surface area contributed by atoms with Crippen LogP contribution in [0.4, 0.5) is 0 Å². The molecule has 100 valence electrons.